The van der Waals surface area contributed by atoms with Gasteiger partial charge in [0.15, 0.2) is 0 Å². The zero-order chi connectivity index (χ0) is 15.2. The first-order chi connectivity index (χ1) is 10.1. The molecule has 0 aromatic heterocycles. The summed E-state index contributed by atoms with van der Waals surface area (Å²) in [5.41, 5.74) is 0.734. The number of ether oxygens (including phenoxy) is 1. The van der Waals surface area contributed by atoms with Crippen LogP contribution in [0.3, 0.4) is 0 Å². The number of hydrogen-bond donors (Lipinski definition) is 2. The summed E-state index contributed by atoms with van der Waals surface area (Å²) < 4.78 is 28.8. The van der Waals surface area contributed by atoms with E-state index in [2.05, 4.69) is 15.4 Å². The van der Waals surface area contributed by atoms with Crippen molar-refractivity contribution in [2.45, 2.75) is 44.9 Å². The molecule has 1 fully saturated rings. The van der Waals surface area contributed by atoms with Crippen LogP contribution >= 0.6 is 0 Å². The van der Waals surface area contributed by atoms with Gasteiger partial charge in [-0.15, -0.1) is 0 Å². The number of hydrogen-bond acceptors (Lipinski definition) is 3. The van der Waals surface area contributed by atoms with Gasteiger partial charge in [-0.2, -0.15) is 8.78 Å². The van der Waals surface area contributed by atoms with Gasteiger partial charge in [-0.3, -0.25) is 4.79 Å². The second kappa shape index (κ2) is 7.36. The number of benzene rings is 1. The molecule has 1 aliphatic heterocycles. The van der Waals surface area contributed by atoms with E-state index in [4.69, 9.17) is 0 Å². The minimum absolute atomic E-state index is 0.0534. The number of nitrogens with one attached hydrogen (secondary N) is 2. The minimum atomic E-state index is -2.85. The van der Waals surface area contributed by atoms with Crippen LogP contribution in [0.2, 0.25) is 0 Å². The summed E-state index contributed by atoms with van der Waals surface area (Å²) in [5, 5.41) is 6.08. The van der Waals surface area contributed by atoms with Gasteiger partial charge in [0.2, 0.25) is 5.91 Å². The first-order valence-corrected chi connectivity index (χ1v) is 7.15. The van der Waals surface area contributed by atoms with Crippen molar-refractivity contribution in [1.29, 1.82) is 0 Å². The standard InChI is InChI=1S/C15H20F2N2O2/c1-10(19-14(20)13-7-2-3-8-18-13)11-5-4-6-12(9-11)21-15(16)17/h4-6,9-10,13,15,18H,2-3,7-8H2,1H3,(H,19,20)/t10?,13-/m1/s1. The zero-order valence-electron chi connectivity index (χ0n) is 11.9. The van der Waals surface area contributed by atoms with Gasteiger partial charge >= 0.3 is 6.61 Å². The average molecular weight is 298 g/mol. The third-order valence-corrected chi connectivity index (χ3v) is 3.57. The Labute approximate surface area is 122 Å². The molecule has 0 radical (unpaired) electrons. The predicted octanol–water partition coefficient (Wildman–Crippen LogP) is 2.61. The van der Waals surface area contributed by atoms with Crippen LogP contribution in [-0.4, -0.2) is 25.1 Å². The normalized spacial score (nSPS) is 20.1. The molecular formula is C15H20F2N2O2. The Hall–Kier alpha value is -1.69. The Morgan fingerprint density at radius 2 is 2.24 bits per heavy atom. The van der Waals surface area contributed by atoms with Crippen LogP contribution in [0.1, 0.15) is 37.8 Å². The highest BCUT2D eigenvalue weighted by Crippen LogP contribution is 2.21. The van der Waals surface area contributed by atoms with Gasteiger partial charge in [-0.1, -0.05) is 18.6 Å². The van der Waals surface area contributed by atoms with Gasteiger partial charge in [0.1, 0.15) is 5.75 Å². The van der Waals surface area contributed by atoms with E-state index in [0.29, 0.717) is 0 Å². The van der Waals surface area contributed by atoms with E-state index < -0.39 is 6.61 Å². The number of rotatable bonds is 5. The number of halogens is 2. The van der Waals surface area contributed by atoms with Crippen LogP contribution < -0.4 is 15.4 Å². The molecule has 1 aromatic rings. The van der Waals surface area contributed by atoms with E-state index in [9.17, 15) is 13.6 Å². The second-order valence-corrected chi connectivity index (χ2v) is 5.18. The predicted molar refractivity (Wildman–Crippen MR) is 75.3 cm³/mol. The molecule has 1 saturated heterocycles. The maximum Gasteiger partial charge on any atom is 0.387 e. The highest BCUT2D eigenvalue weighted by atomic mass is 19.3. The third-order valence-electron chi connectivity index (χ3n) is 3.57. The zero-order valence-corrected chi connectivity index (χ0v) is 11.9. The number of carbonyl (C=O) groups is 1. The lowest BCUT2D eigenvalue weighted by molar-refractivity contribution is -0.124. The van der Waals surface area contributed by atoms with E-state index in [-0.39, 0.29) is 23.7 Å². The molecule has 1 amide bonds. The number of carbonyl (C=O) groups excluding carboxylic acids is 1. The van der Waals surface area contributed by atoms with Gasteiger partial charge in [-0.05, 0) is 44.0 Å². The summed E-state index contributed by atoms with van der Waals surface area (Å²) in [5.74, 6) is 0.0433. The topological polar surface area (TPSA) is 50.4 Å². The lowest BCUT2D eigenvalue weighted by Gasteiger charge is -2.24. The van der Waals surface area contributed by atoms with Gasteiger partial charge in [0.25, 0.3) is 0 Å². The Bertz CT molecular complexity index is 476. The molecule has 0 spiro atoms. The molecule has 21 heavy (non-hydrogen) atoms. The van der Waals surface area contributed by atoms with E-state index in [1.54, 1.807) is 12.1 Å². The maximum atomic E-state index is 12.2. The Kier molecular flexibility index (Phi) is 5.50. The van der Waals surface area contributed by atoms with Crippen molar-refractivity contribution in [3.8, 4) is 5.75 Å². The lowest BCUT2D eigenvalue weighted by Crippen LogP contribution is -2.47. The average Bonchev–Trinajstić information content (AvgIpc) is 2.47. The van der Waals surface area contributed by atoms with Crippen molar-refractivity contribution < 1.29 is 18.3 Å². The Morgan fingerprint density at radius 1 is 1.43 bits per heavy atom. The fraction of sp³-hybridized carbons (Fsp3) is 0.533. The molecule has 1 aromatic carbocycles. The first-order valence-electron chi connectivity index (χ1n) is 7.15. The van der Waals surface area contributed by atoms with Gasteiger partial charge < -0.3 is 15.4 Å². The molecule has 4 nitrogen and oxygen atoms in total. The van der Waals surface area contributed by atoms with Gasteiger partial charge in [-0.25, -0.2) is 0 Å². The fourth-order valence-electron chi connectivity index (χ4n) is 2.43. The van der Waals surface area contributed by atoms with Gasteiger partial charge in [0, 0.05) is 0 Å². The van der Waals surface area contributed by atoms with Crippen LogP contribution in [-0.2, 0) is 4.79 Å². The van der Waals surface area contributed by atoms with E-state index in [1.807, 2.05) is 6.92 Å². The summed E-state index contributed by atoms with van der Waals surface area (Å²) >= 11 is 0. The molecule has 2 N–H and O–H groups in total. The number of alkyl halides is 2. The molecule has 0 bridgehead atoms. The molecule has 1 aliphatic rings. The fourth-order valence-corrected chi connectivity index (χ4v) is 2.43. The maximum absolute atomic E-state index is 12.2. The molecule has 0 saturated carbocycles. The quantitative estimate of drug-likeness (QED) is 0.878. The smallest absolute Gasteiger partial charge is 0.387 e. The molecule has 2 atom stereocenters. The summed E-state index contributed by atoms with van der Waals surface area (Å²) in [7, 11) is 0. The van der Waals surface area contributed by atoms with Crippen LogP contribution in [0.15, 0.2) is 24.3 Å². The third kappa shape index (κ3) is 4.67. The second-order valence-electron chi connectivity index (χ2n) is 5.18. The molecule has 6 heteroatoms. The van der Waals surface area contributed by atoms with Crippen molar-refractivity contribution >= 4 is 5.91 Å². The van der Waals surface area contributed by atoms with Crippen LogP contribution in [0.25, 0.3) is 0 Å². The van der Waals surface area contributed by atoms with Gasteiger partial charge in [0.05, 0.1) is 12.1 Å². The monoisotopic (exact) mass is 298 g/mol. The summed E-state index contributed by atoms with van der Waals surface area (Å²) in [6.45, 7) is -0.177. The van der Waals surface area contributed by atoms with Crippen LogP contribution in [0.5, 0.6) is 5.75 Å². The molecule has 0 aliphatic carbocycles. The van der Waals surface area contributed by atoms with Crippen LogP contribution in [0.4, 0.5) is 8.78 Å². The van der Waals surface area contributed by atoms with Crippen molar-refractivity contribution in [1.82, 2.24) is 10.6 Å². The van der Waals surface area contributed by atoms with Crippen molar-refractivity contribution in [2.24, 2.45) is 0 Å². The first kappa shape index (κ1) is 15.7. The molecular weight excluding hydrogens is 278 g/mol. The molecule has 1 heterocycles. The minimum Gasteiger partial charge on any atom is -0.435 e. The highest BCUT2D eigenvalue weighted by Gasteiger charge is 2.22. The van der Waals surface area contributed by atoms with E-state index >= 15 is 0 Å². The van der Waals surface area contributed by atoms with Crippen LogP contribution in [0, 0.1) is 0 Å². The van der Waals surface area contributed by atoms with Crippen molar-refractivity contribution in [2.75, 3.05) is 6.54 Å². The molecule has 116 valence electrons. The van der Waals surface area contributed by atoms with E-state index in [1.165, 1.54) is 12.1 Å². The summed E-state index contributed by atoms with van der Waals surface area (Å²) in [6.07, 6.45) is 2.95. The summed E-state index contributed by atoms with van der Waals surface area (Å²) in [6, 6.07) is 5.97. The van der Waals surface area contributed by atoms with Crippen molar-refractivity contribution in [3.63, 3.8) is 0 Å². The van der Waals surface area contributed by atoms with E-state index in [0.717, 1.165) is 31.4 Å². The number of piperidine rings is 1. The largest absolute Gasteiger partial charge is 0.435 e. The SMILES string of the molecule is CC(NC(=O)[C@H]1CCCCN1)c1cccc(OC(F)F)c1. The Morgan fingerprint density at radius 3 is 2.90 bits per heavy atom. The number of amides is 1. The lowest BCUT2D eigenvalue weighted by atomic mass is 10.0. The summed E-state index contributed by atoms with van der Waals surface area (Å²) in [4.78, 5) is 12.1. The van der Waals surface area contributed by atoms with Crippen molar-refractivity contribution in [3.05, 3.63) is 29.8 Å². The molecule has 2 rings (SSSR count). The molecule has 1 unspecified atom stereocenters. The Balaban J connectivity index is 1.95. The highest BCUT2D eigenvalue weighted by molar-refractivity contribution is 5.82.